The summed E-state index contributed by atoms with van der Waals surface area (Å²) in [7, 11) is 0. The lowest BCUT2D eigenvalue weighted by Crippen LogP contribution is -2.15. The topological polar surface area (TPSA) is 17.0 Å². The maximum Gasteiger partial charge on any atom is 0.0543 e. The number of rotatable bonds is 7. The van der Waals surface area contributed by atoms with Crippen molar-refractivity contribution in [3.8, 4) is 27.9 Å². The van der Waals surface area contributed by atoms with Crippen molar-refractivity contribution in [1.82, 2.24) is 4.57 Å². The Kier molecular flexibility index (Phi) is 7.85. The maximum absolute atomic E-state index is 3.52. The van der Waals surface area contributed by atoms with E-state index in [0.717, 1.165) is 5.69 Å². The van der Waals surface area contributed by atoms with E-state index in [0.29, 0.717) is 0 Å². The molecule has 0 saturated heterocycles. The van der Waals surface area contributed by atoms with Gasteiger partial charge in [0.2, 0.25) is 0 Å². The molecule has 0 fully saturated rings. The van der Waals surface area contributed by atoms with Gasteiger partial charge in [-0.05, 0) is 97.4 Å². The van der Waals surface area contributed by atoms with Gasteiger partial charge in [-0.2, -0.15) is 0 Å². The predicted octanol–water partition coefficient (Wildman–Crippen LogP) is 14.3. The molecule has 0 atom stereocenters. The van der Waals surface area contributed by atoms with E-state index in [2.05, 4.69) is 212 Å². The molecule has 1 heterocycles. The number of hydrogen-bond donors (Lipinski definition) is 1. The Morgan fingerprint density at radius 3 is 1.91 bits per heavy atom. The second kappa shape index (κ2) is 13.2. The summed E-state index contributed by atoms with van der Waals surface area (Å²) >= 11 is 0. The Balaban J connectivity index is 0.858. The Labute approximate surface area is 322 Å². The van der Waals surface area contributed by atoms with Crippen LogP contribution < -0.4 is 5.32 Å². The molecule has 0 amide bonds. The van der Waals surface area contributed by atoms with Gasteiger partial charge in [0.15, 0.2) is 0 Å². The van der Waals surface area contributed by atoms with Gasteiger partial charge in [-0.15, -0.1) is 0 Å². The van der Waals surface area contributed by atoms with E-state index in [1.54, 1.807) is 0 Å². The number of benzene rings is 8. The first-order valence-corrected chi connectivity index (χ1v) is 19.1. The predicted molar refractivity (Wildman–Crippen MR) is 236 cm³/mol. The van der Waals surface area contributed by atoms with Crippen molar-refractivity contribution in [2.75, 3.05) is 5.32 Å². The lowest BCUT2D eigenvalue weighted by Gasteiger charge is -2.22. The number of fused-ring (bicyclic) bond motifs is 9. The molecular weight excluding hydrogens is 665 g/mol. The van der Waals surface area contributed by atoms with Crippen molar-refractivity contribution in [2.45, 2.75) is 19.3 Å². The van der Waals surface area contributed by atoms with Crippen LogP contribution in [-0.4, -0.2) is 4.57 Å². The van der Waals surface area contributed by atoms with Crippen molar-refractivity contribution in [3.05, 3.63) is 211 Å². The number of aromatic nitrogens is 1. The van der Waals surface area contributed by atoms with Crippen LogP contribution in [0.15, 0.2) is 194 Å². The summed E-state index contributed by atoms with van der Waals surface area (Å²) in [5.41, 5.74) is 13.6. The minimum atomic E-state index is -0.132. The molecule has 262 valence electrons. The molecular formula is C53H40N2. The lowest BCUT2D eigenvalue weighted by molar-refractivity contribution is 0.660. The van der Waals surface area contributed by atoms with Crippen LogP contribution in [0.5, 0.6) is 0 Å². The van der Waals surface area contributed by atoms with E-state index in [1.807, 2.05) is 12.3 Å². The second-order valence-electron chi connectivity index (χ2n) is 15.0. The van der Waals surface area contributed by atoms with Crippen LogP contribution in [0.25, 0.3) is 77.4 Å². The van der Waals surface area contributed by atoms with Gasteiger partial charge in [-0.1, -0.05) is 166 Å². The monoisotopic (exact) mass is 704 g/mol. The van der Waals surface area contributed by atoms with Gasteiger partial charge in [0, 0.05) is 33.6 Å². The van der Waals surface area contributed by atoms with Gasteiger partial charge in [0.25, 0.3) is 0 Å². The van der Waals surface area contributed by atoms with Crippen molar-refractivity contribution >= 4 is 55.1 Å². The Morgan fingerprint density at radius 2 is 1.15 bits per heavy atom. The molecule has 0 radical (unpaired) electrons. The summed E-state index contributed by atoms with van der Waals surface area (Å²) in [5, 5.41) is 11.2. The maximum atomic E-state index is 3.52. The van der Waals surface area contributed by atoms with Gasteiger partial charge in [-0.3, -0.25) is 0 Å². The zero-order valence-corrected chi connectivity index (χ0v) is 31.0. The van der Waals surface area contributed by atoms with Crippen molar-refractivity contribution in [1.29, 1.82) is 0 Å². The normalized spacial score (nSPS) is 13.6. The standard InChI is InChI=1S/C53H40N2/c1-53(2)47-23-15-26-51(55-49-24-12-10-21-43(49)44-22-11-13-25-50(44)55)52(47)45-32-31-39(35-48(45)53)54-33-14-4-3-5-16-36-27-29-37(30-28-36)46-34-38-17-6-7-18-40(38)41-19-8-9-20-42(41)46/h3-35,54H,1-2H3/b4-3-,16-5-,33-14+. The van der Waals surface area contributed by atoms with E-state index >= 15 is 0 Å². The van der Waals surface area contributed by atoms with Crippen molar-refractivity contribution in [3.63, 3.8) is 0 Å². The molecule has 9 aromatic rings. The smallest absolute Gasteiger partial charge is 0.0543 e. The van der Waals surface area contributed by atoms with E-state index in [1.165, 1.54) is 88.0 Å². The molecule has 1 aliphatic carbocycles. The van der Waals surface area contributed by atoms with Gasteiger partial charge < -0.3 is 9.88 Å². The number of anilines is 1. The molecule has 55 heavy (non-hydrogen) atoms. The Morgan fingerprint density at radius 1 is 0.491 bits per heavy atom. The molecule has 0 unspecified atom stereocenters. The first-order chi connectivity index (χ1) is 27.1. The summed E-state index contributed by atoms with van der Waals surface area (Å²) in [5.74, 6) is 0. The summed E-state index contributed by atoms with van der Waals surface area (Å²) in [6.07, 6.45) is 12.4. The molecule has 0 aliphatic heterocycles. The first-order valence-electron chi connectivity index (χ1n) is 19.1. The average Bonchev–Trinajstić information content (AvgIpc) is 3.68. The molecule has 0 bridgehead atoms. The summed E-state index contributed by atoms with van der Waals surface area (Å²) in [6.45, 7) is 4.70. The van der Waals surface area contributed by atoms with Crippen LogP contribution in [-0.2, 0) is 5.41 Å². The van der Waals surface area contributed by atoms with Gasteiger partial charge >= 0.3 is 0 Å². The zero-order valence-electron chi connectivity index (χ0n) is 31.0. The van der Waals surface area contributed by atoms with Crippen molar-refractivity contribution < 1.29 is 0 Å². The molecule has 1 N–H and O–H groups in total. The largest absolute Gasteiger partial charge is 0.362 e. The molecule has 1 aliphatic rings. The number of nitrogens with one attached hydrogen (secondary N) is 1. The summed E-state index contributed by atoms with van der Waals surface area (Å²) in [4.78, 5) is 0. The van der Waals surface area contributed by atoms with Gasteiger partial charge in [0.05, 0.1) is 16.7 Å². The van der Waals surface area contributed by atoms with Gasteiger partial charge in [0.1, 0.15) is 0 Å². The highest BCUT2D eigenvalue weighted by Gasteiger charge is 2.37. The third kappa shape index (κ3) is 5.49. The first kappa shape index (κ1) is 32.7. The fourth-order valence-electron chi connectivity index (χ4n) is 8.79. The highest BCUT2D eigenvalue weighted by atomic mass is 15.0. The minimum absolute atomic E-state index is 0.132. The second-order valence-corrected chi connectivity index (χ2v) is 15.0. The molecule has 2 nitrogen and oxygen atoms in total. The highest BCUT2D eigenvalue weighted by molar-refractivity contribution is 6.14. The van der Waals surface area contributed by atoms with Crippen LogP contribution in [0.2, 0.25) is 0 Å². The fourth-order valence-corrected chi connectivity index (χ4v) is 8.79. The van der Waals surface area contributed by atoms with Crippen LogP contribution in [0.1, 0.15) is 30.5 Å². The van der Waals surface area contributed by atoms with E-state index < -0.39 is 0 Å². The molecule has 10 rings (SSSR count). The van der Waals surface area contributed by atoms with Gasteiger partial charge in [-0.25, -0.2) is 0 Å². The SMILES string of the molecule is CC1(C)c2cc(N/C=C/C=C\C=C/c3ccc(-c4cc5ccccc5c5ccccc45)cc3)ccc2-c2c(-n3c4ccccc4c4ccccc43)cccc21. The Hall–Kier alpha value is -6.90. The van der Waals surface area contributed by atoms with Crippen LogP contribution >= 0.6 is 0 Å². The van der Waals surface area contributed by atoms with E-state index in [-0.39, 0.29) is 5.41 Å². The number of hydrogen-bond acceptors (Lipinski definition) is 1. The number of para-hydroxylation sites is 2. The molecule has 1 aromatic heterocycles. The van der Waals surface area contributed by atoms with Crippen LogP contribution in [0.4, 0.5) is 5.69 Å². The molecule has 8 aromatic carbocycles. The number of nitrogens with zero attached hydrogens (tertiary/aromatic N) is 1. The molecule has 0 saturated carbocycles. The zero-order chi connectivity index (χ0) is 36.9. The number of allylic oxidation sites excluding steroid dienone is 4. The molecule has 0 spiro atoms. The third-order valence-corrected chi connectivity index (χ3v) is 11.5. The molecule has 2 heteroatoms. The average molecular weight is 705 g/mol. The van der Waals surface area contributed by atoms with Crippen LogP contribution in [0.3, 0.4) is 0 Å². The van der Waals surface area contributed by atoms with E-state index in [9.17, 15) is 0 Å². The minimum Gasteiger partial charge on any atom is -0.362 e. The van der Waals surface area contributed by atoms with Crippen LogP contribution in [0, 0.1) is 0 Å². The highest BCUT2D eigenvalue weighted by Crippen LogP contribution is 2.52. The Bertz CT molecular complexity index is 2970. The third-order valence-electron chi connectivity index (χ3n) is 11.5. The van der Waals surface area contributed by atoms with Crippen molar-refractivity contribution in [2.24, 2.45) is 0 Å². The fraction of sp³-hybridized carbons (Fsp3) is 0.0566. The summed E-state index contributed by atoms with van der Waals surface area (Å²) < 4.78 is 2.45. The summed E-state index contributed by atoms with van der Waals surface area (Å²) in [6, 6.07) is 59.6. The lowest BCUT2D eigenvalue weighted by atomic mass is 9.82. The van der Waals surface area contributed by atoms with E-state index in [4.69, 9.17) is 0 Å². The quantitative estimate of drug-likeness (QED) is 0.129.